The lowest BCUT2D eigenvalue weighted by Gasteiger charge is -2.24. The van der Waals surface area contributed by atoms with E-state index in [0.29, 0.717) is 27.4 Å². The molecular weight excluding hydrogens is 460 g/mol. The Morgan fingerprint density at radius 2 is 1.76 bits per heavy atom. The number of sulfonamides is 1. The zero-order chi connectivity index (χ0) is 24.0. The van der Waals surface area contributed by atoms with E-state index in [2.05, 4.69) is 15.5 Å². The number of hydrogen-bond acceptors (Lipinski definition) is 5. The van der Waals surface area contributed by atoms with Crippen LogP contribution in [0.3, 0.4) is 0 Å². The lowest BCUT2D eigenvalue weighted by Crippen LogP contribution is -2.39. The van der Waals surface area contributed by atoms with Crippen LogP contribution in [0.25, 0.3) is 0 Å². The molecule has 3 aromatic rings. The van der Waals surface area contributed by atoms with Crippen molar-refractivity contribution < 1.29 is 13.2 Å². The lowest BCUT2D eigenvalue weighted by atomic mass is 10.1. The molecule has 9 heteroatoms. The molecular formula is C24H25ClN4O3S. The molecule has 0 aliphatic rings. The van der Waals surface area contributed by atoms with E-state index in [4.69, 9.17) is 11.6 Å². The molecule has 1 amide bonds. The molecule has 0 atom stereocenters. The highest BCUT2D eigenvalue weighted by molar-refractivity contribution is 7.89. The number of rotatable bonds is 8. The minimum Gasteiger partial charge on any atom is -0.272 e. The van der Waals surface area contributed by atoms with Gasteiger partial charge in [-0.3, -0.25) is 9.78 Å². The summed E-state index contributed by atoms with van der Waals surface area (Å²) in [6.07, 6.45) is 3.00. The Labute approximate surface area is 199 Å². The number of pyridine rings is 1. The van der Waals surface area contributed by atoms with Gasteiger partial charge in [-0.1, -0.05) is 47.5 Å². The van der Waals surface area contributed by atoms with Crippen LogP contribution in [0.15, 0.2) is 70.8 Å². The molecule has 33 heavy (non-hydrogen) atoms. The minimum atomic E-state index is -3.98. The Kier molecular flexibility index (Phi) is 7.97. The SMILES string of the molecule is Cc1cc(C)c(S(=O)(=O)N(CC(=O)NN=Cc2ccccn2)Cc2ccc(Cl)cc2)c(C)c1. The van der Waals surface area contributed by atoms with Crippen molar-refractivity contribution in [1.82, 2.24) is 14.7 Å². The zero-order valence-electron chi connectivity index (χ0n) is 18.6. The molecule has 7 nitrogen and oxygen atoms in total. The molecule has 1 heterocycles. The molecule has 1 aromatic heterocycles. The van der Waals surface area contributed by atoms with Crippen LogP contribution in [0, 0.1) is 20.8 Å². The van der Waals surface area contributed by atoms with Gasteiger partial charge in [-0.15, -0.1) is 0 Å². The zero-order valence-corrected chi connectivity index (χ0v) is 20.2. The van der Waals surface area contributed by atoms with E-state index >= 15 is 0 Å². The topological polar surface area (TPSA) is 91.7 Å². The first-order chi connectivity index (χ1) is 15.7. The number of carbonyl (C=O) groups is 1. The van der Waals surface area contributed by atoms with Gasteiger partial charge >= 0.3 is 0 Å². The highest BCUT2D eigenvalue weighted by atomic mass is 35.5. The number of amides is 1. The van der Waals surface area contributed by atoms with Crippen LogP contribution in [0.4, 0.5) is 0 Å². The van der Waals surface area contributed by atoms with Gasteiger partial charge in [-0.25, -0.2) is 13.8 Å². The summed E-state index contributed by atoms with van der Waals surface area (Å²) in [6.45, 7) is 5.02. The Morgan fingerprint density at radius 3 is 2.36 bits per heavy atom. The standard InChI is InChI=1S/C24H25ClN4O3S/c1-17-12-18(2)24(19(3)13-17)33(31,32)29(15-20-7-9-21(25)10-8-20)16-23(30)28-27-14-22-6-4-5-11-26-22/h4-14H,15-16H2,1-3H3,(H,28,30). The van der Waals surface area contributed by atoms with Crippen LogP contribution in [0.1, 0.15) is 27.9 Å². The fourth-order valence-corrected chi connectivity index (χ4v) is 5.46. The molecule has 3 rings (SSSR count). The summed E-state index contributed by atoms with van der Waals surface area (Å²) in [5, 5.41) is 4.43. The van der Waals surface area contributed by atoms with Crippen LogP contribution in [0.5, 0.6) is 0 Å². The van der Waals surface area contributed by atoms with Gasteiger partial charge in [0.1, 0.15) is 0 Å². The number of aryl methyl sites for hydroxylation is 3. The maximum absolute atomic E-state index is 13.7. The first-order valence-corrected chi connectivity index (χ1v) is 12.0. The van der Waals surface area contributed by atoms with Crippen molar-refractivity contribution in [2.75, 3.05) is 6.54 Å². The Morgan fingerprint density at radius 1 is 1.09 bits per heavy atom. The van der Waals surface area contributed by atoms with Gasteiger partial charge in [-0.05, 0) is 61.7 Å². The molecule has 2 aromatic carbocycles. The molecule has 0 saturated carbocycles. The number of benzene rings is 2. The molecule has 0 aliphatic heterocycles. The van der Waals surface area contributed by atoms with Crippen molar-refractivity contribution in [3.8, 4) is 0 Å². The third kappa shape index (κ3) is 6.47. The molecule has 172 valence electrons. The normalized spacial score (nSPS) is 11.8. The summed E-state index contributed by atoms with van der Waals surface area (Å²) in [5.41, 5.74) is 5.87. The Balaban J connectivity index is 1.88. The van der Waals surface area contributed by atoms with E-state index < -0.39 is 22.5 Å². The average Bonchev–Trinajstić information content (AvgIpc) is 2.74. The van der Waals surface area contributed by atoms with Gasteiger partial charge < -0.3 is 0 Å². The summed E-state index contributed by atoms with van der Waals surface area (Å²) in [7, 11) is -3.98. The fourth-order valence-electron chi connectivity index (χ4n) is 3.54. The maximum atomic E-state index is 13.7. The number of hydrogen-bond donors (Lipinski definition) is 1. The number of hydrazone groups is 1. The minimum absolute atomic E-state index is 0.00360. The second-order valence-electron chi connectivity index (χ2n) is 7.68. The highest BCUT2D eigenvalue weighted by Crippen LogP contribution is 2.26. The van der Waals surface area contributed by atoms with Crippen molar-refractivity contribution >= 4 is 33.7 Å². The van der Waals surface area contributed by atoms with Gasteiger partial charge in [0.15, 0.2) is 0 Å². The van der Waals surface area contributed by atoms with E-state index in [1.54, 1.807) is 62.5 Å². The number of carbonyl (C=O) groups excluding carboxylic acids is 1. The van der Waals surface area contributed by atoms with Crippen LogP contribution in [0.2, 0.25) is 5.02 Å². The smallest absolute Gasteiger partial charge is 0.255 e. The predicted octanol–water partition coefficient (Wildman–Crippen LogP) is 4.00. The largest absolute Gasteiger partial charge is 0.272 e. The second kappa shape index (κ2) is 10.7. The number of halogens is 1. The fraction of sp³-hybridized carbons (Fsp3) is 0.208. The first-order valence-electron chi connectivity index (χ1n) is 10.2. The third-order valence-corrected chi connectivity index (χ3v) is 7.22. The molecule has 0 fully saturated rings. The van der Waals surface area contributed by atoms with Crippen molar-refractivity contribution in [1.29, 1.82) is 0 Å². The first kappa shape index (κ1) is 24.6. The van der Waals surface area contributed by atoms with Crippen molar-refractivity contribution in [3.63, 3.8) is 0 Å². The van der Waals surface area contributed by atoms with Crippen LogP contribution >= 0.6 is 11.6 Å². The lowest BCUT2D eigenvalue weighted by molar-refractivity contribution is -0.121. The Bertz CT molecular complexity index is 1240. The van der Waals surface area contributed by atoms with Gasteiger partial charge in [0, 0.05) is 17.8 Å². The van der Waals surface area contributed by atoms with Crippen LogP contribution in [-0.2, 0) is 21.4 Å². The van der Waals surface area contributed by atoms with Crippen molar-refractivity contribution in [2.24, 2.45) is 5.10 Å². The highest BCUT2D eigenvalue weighted by Gasteiger charge is 2.30. The molecule has 0 aliphatic carbocycles. The average molecular weight is 485 g/mol. The second-order valence-corrected chi connectivity index (χ2v) is 9.99. The molecule has 0 radical (unpaired) electrons. The van der Waals surface area contributed by atoms with Gasteiger partial charge in [0.25, 0.3) is 5.91 Å². The molecule has 0 saturated heterocycles. The summed E-state index contributed by atoms with van der Waals surface area (Å²) >= 11 is 5.97. The number of nitrogens with one attached hydrogen (secondary N) is 1. The molecule has 1 N–H and O–H groups in total. The summed E-state index contributed by atoms with van der Waals surface area (Å²) in [4.78, 5) is 16.9. The Hall–Kier alpha value is -3.07. The summed E-state index contributed by atoms with van der Waals surface area (Å²) < 4.78 is 28.5. The van der Waals surface area contributed by atoms with Crippen LogP contribution < -0.4 is 5.43 Å². The van der Waals surface area contributed by atoms with E-state index in [9.17, 15) is 13.2 Å². The molecule has 0 unspecified atom stereocenters. The quantitative estimate of drug-likeness (QED) is 0.386. The third-order valence-electron chi connectivity index (χ3n) is 4.87. The molecule has 0 spiro atoms. The number of aromatic nitrogens is 1. The summed E-state index contributed by atoms with van der Waals surface area (Å²) in [5.74, 6) is -0.567. The van der Waals surface area contributed by atoms with Crippen molar-refractivity contribution in [3.05, 3.63) is 93.8 Å². The van der Waals surface area contributed by atoms with E-state index in [1.165, 1.54) is 6.21 Å². The van der Waals surface area contributed by atoms with E-state index in [-0.39, 0.29) is 11.4 Å². The van der Waals surface area contributed by atoms with Gasteiger partial charge in [0.2, 0.25) is 10.0 Å². The molecule has 0 bridgehead atoms. The number of nitrogens with zero attached hydrogens (tertiary/aromatic N) is 3. The summed E-state index contributed by atoms with van der Waals surface area (Å²) in [6, 6.07) is 15.8. The van der Waals surface area contributed by atoms with Gasteiger partial charge in [0.05, 0.1) is 23.3 Å². The predicted molar refractivity (Wildman–Crippen MR) is 130 cm³/mol. The monoisotopic (exact) mass is 484 g/mol. The van der Waals surface area contributed by atoms with Crippen LogP contribution in [-0.4, -0.2) is 36.4 Å². The van der Waals surface area contributed by atoms with E-state index in [0.717, 1.165) is 9.87 Å². The van der Waals surface area contributed by atoms with Crippen molar-refractivity contribution in [2.45, 2.75) is 32.2 Å². The van der Waals surface area contributed by atoms with Gasteiger partial charge in [-0.2, -0.15) is 9.41 Å². The maximum Gasteiger partial charge on any atom is 0.255 e. The van der Waals surface area contributed by atoms with E-state index in [1.807, 2.05) is 19.1 Å².